The molecule has 0 aliphatic heterocycles. The molecule has 2 heterocycles. The summed E-state index contributed by atoms with van der Waals surface area (Å²) >= 11 is 0. The van der Waals surface area contributed by atoms with Crippen LogP contribution in [0.25, 0.3) is 11.3 Å². The summed E-state index contributed by atoms with van der Waals surface area (Å²) in [7, 11) is 0. The molecule has 0 radical (unpaired) electrons. The molecule has 0 saturated heterocycles. The molecular formula is C13H11N5O. The highest BCUT2D eigenvalue weighted by Crippen LogP contribution is 2.17. The molecule has 0 aliphatic rings. The van der Waals surface area contributed by atoms with Crippen LogP contribution in [0.4, 0.5) is 5.95 Å². The van der Waals surface area contributed by atoms with E-state index in [9.17, 15) is 4.79 Å². The van der Waals surface area contributed by atoms with Crippen molar-refractivity contribution < 1.29 is 4.79 Å². The number of nitrogens with zero attached hydrogens (tertiary/aromatic N) is 2. The third kappa shape index (κ3) is 2.37. The van der Waals surface area contributed by atoms with E-state index >= 15 is 0 Å². The fraction of sp³-hybridized carbons (Fsp3) is 0. The minimum atomic E-state index is -0.287. The van der Waals surface area contributed by atoms with E-state index in [-0.39, 0.29) is 5.91 Å². The quantitative estimate of drug-likeness (QED) is 0.667. The van der Waals surface area contributed by atoms with Crippen LogP contribution < -0.4 is 5.32 Å². The Balaban J connectivity index is 1.80. The van der Waals surface area contributed by atoms with Crippen LogP contribution in [-0.2, 0) is 0 Å². The Labute approximate surface area is 108 Å². The third-order valence-corrected chi connectivity index (χ3v) is 2.62. The van der Waals surface area contributed by atoms with Gasteiger partial charge in [0.25, 0.3) is 5.91 Å². The van der Waals surface area contributed by atoms with Gasteiger partial charge in [-0.15, -0.1) is 0 Å². The summed E-state index contributed by atoms with van der Waals surface area (Å²) in [6, 6.07) is 11.3. The van der Waals surface area contributed by atoms with Crippen molar-refractivity contribution in [2.75, 3.05) is 5.32 Å². The maximum Gasteiger partial charge on any atom is 0.275 e. The number of rotatable bonds is 3. The first-order chi connectivity index (χ1) is 9.33. The Morgan fingerprint density at radius 3 is 2.79 bits per heavy atom. The van der Waals surface area contributed by atoms with Gasteiger partial charge >= 0.3 is 0 Å². The van der Waals surface area contributed by atoms with Gasteiger partial charge in [0.1, 0.15) is 5.69 Å². The number of nitrogens with one attached hydrogen (secondary N) is 3. The van der Waals surface area contributed by atoms with Gasteiger partial charge in [-0.1, -0.05) is 30.3 Å². The summed E-state index contributed by atoms with van der Waals surface area (Å²) in [4.78, 5) is 18.6. The van der Waals surface area contributed by atoms with E-state index in [1.807, 2.05) is 30.3 Å². The SMILES string of the molecule is O=C(Nc1ncc[nH]1)c1cc(-c2ccccc2)n[nH]1. The topological polar surface area (TPSA) is 86.5 Å². The van der Waals surface area contributed by atoms with Gasteiger partial charge in [0.2, 0.25) is 5.95 Å². The number of hydrogen-bond donors (Lipinski definition) is 3. The summed E-state index contributed by atoms with van der Waals surface area (Å²) in [5, 5.41) is 9.46. The van der Waals surface area contributed by atoms with E-state index in [2.05, 4.69) is 25.5 Å². The van der Waals surface area contributed by atoms with E-state index in [1.165, 1.54) is 0 Å². The average Bonchev–Trinajstić information content (AvgIpc) is 3.10. The van der Waals surface area contributed by atoms with Gasteiger partial charge < -0.3 is 4.98 Å². The minimum absolute atomic E-state index is 0.287. The lowest BCUT2D eigenvalue weighted by Gasteiger charge is -1.97. The Bertz CT molecular complexity index is 672. The van der Waals surface area contributed by atoms with Gasteiger partial charge in [0.05, 0.1) is 5.69 Å². The number of carbonyl (C=O) groups excluding carboxylic acids is 1. The minimum Gasteiger partial charge on any atom is -0.331 e. The van der Waals surface area contributed by atoms with E-state index in [0.29, 0.717) is 11.6 Å². The second-order valence-corrected chi connectivity index (χ2v) is 3.92. The number of aromatic nitrogens is 4. The van der Waals surface area contributed by atoms with Crippen LogP contribution in [-0.4, -0.2) is 26.1 Å². The summed E-state index contributed by atoms with van der Waals surface area (Å²) in [6.07, 6.45) is 3.20. The van der Waals surface area contributed by atoms with Crippen molar-refractivity contribution in [3.8, 4) is 11.3 Å². The first-order valence-corrected chi connectivity index (χ1v) is 5.74. The molecule has 0 spiro atoms. The van der Waals surface area contributed by atoms with Gasteiger partial charge in [0.15, 0.2) is 0 Å². The second-order valence-electron chi connectivity index (χ2n) is 3.92. The summed E-state index contributed by atoms with van der Waals surface area (Å²) in [5.74, 6) is 0.116. The molecule has 1 amide bonds. The van der Waals surface area contributed by atoms with E-state index < -0.39 is 0 Å². The highest BCUT2D eigenvalue weighted by atomic mass is 16.2. The maximum atomic E-state index is 11.9. The highest BCUT2D eigenvalue weighted by molar-refractivity contribution is 6.02. The lowest BCUT2D eigenvalue weighted by atomic mass is 10.1. The number of H-pyrrole nitrogens is 2. The van der Waals surface area contributed by atoms with Crippen LogP contribution >= 0.6 is 0 Å². The van der Waals surface area contributed by atoms with Crippen LogP contribution in [0, 0.1) is 0 Å². The number of imidazole rings is 1. The zero-order valence-corrected chi connectivity index (χ0v) is 9.92. The Hall–Kier alpha value is -2.89. The standard InChI is InChI=1S/C13H11N5O/c19-12(16-13-14-6-7-15-13)11-8-10(17-18-11)9-4-2-1-3-5-9/h1-8H,(H,17,18)(H2,14,15,16,19). The van der Waals surface area contributed by atoms with Gasteiger partial charge in [-0.3, -0.25) is 15.2 Å². The number of carbonyl (C=O) groups is 1. The molecule has 0 saturated carbocycles. The van der Waals surface area contributed by atoms with E-state index in [0.717, 1.165) is 11.3 Å². The van der Waals surface area contributed by atoms with Gasteiger partial charge in [-0.2, -0.15) is 5.10 Å². The third-order valence-electron chi connectivity index (χ3n) is 2.62. The zero-order valence-electron chi connectivity index (χ0n) is 9.92. The highest BCUT2D eigenvalue weighted by Gasteiger charge is 2.11. The summed E-state index contributed by atoms with van der Waals surface area (Å²) in [6.45, 7) is 0. The van der Waals surface area contributed by atoms with Crippen LogP contribution in [0.15, 0.2) is 48.8 Å². The van der Waals surface area contributed by atoms with Gasteiger partial charge in [0, 0.05) is 18.0 Å². The molecule has 6 nitrogen and oxygen atoms in total. The second kappa shape index (κ2) is 4.77. The smallest absolute Gasteiger partial charge is 0.275 e. The first kappa shape index (κ1) is 11.2. The van der Waals surface area contributed by atoms with Crippen molar-refractivity contribution in [1.82, 2.24) is 20.2 Å². The monoisotopic (exact) mass is 253 g/mol. The lowest BCUT2D eigenvalue weighted by Crippen LogP contribution is -2.13. The van der Waals surface area contributed by atoms with Gasteiger partial charge in [-0.05, 0) is 6.07 Å². The molecule has 1 aromatic carbocycles. The van der Waals surface area contributed by atoms with E-state index in [1.54, 1.807) is 18.5 Å². The largest absolute Gasteiger partial charge is 0.331 e. The predicted octanol–water partition coefficient (Wildman–Crippen LogP) is 2.05. The van der Waals surface area contributed by atoms with Crippen molar-refractivity contribution in [2.24, 2.45) is 0 Å². The molecule has 0 unspecified atom stereocenters. The Kier molecular flexibility index (Phi) is 2.82. The predicted molar refractivity (Wildman–Crippen MR) is 70.6 cm³/mol. The normalized spacial score (nSPS) is 10.3. The zero-order chi connectivity index (χ0) is 13.1. The van der Waals surface area contributed by atoms with Crippen molar-refractivity contribution in [3.05, 3.63) is 54.5 Å². The van der Waals surface area contributed by atoms with E-state index in [4.69, 9.17) is 0 Å². The molecule has 3 N–H and O–H groups in total. The molecule has 0 atom stereocenters. The fourth-order valence-electron chi connectivity index (χ4n) is 1.70. The molecule has 94 valence electrons. The molecule has 0 bridgehead atoms. The molecular weight excluding hydrogens is 242 g/mol. The average molecular weight is 253 g/mol. The van der Waals surface area contributed by atoms with Crippen LogP contribution in [0.5, 0.6) is 0 Å². The number of hydrogen-bond acceptors (Lipinski definition) is 3. The molecule has 6 heteroatoms. The summed E-state index contributed by atoms with van der Waals surface area (Å²) < 4.78 is 0. The first-order valence-electron chi connectivity index (χ1n) is 5.74. The maximum absolute atomic E-state index is 11.9. The molecule has 3 aromatic rings. The van der Waals surface area contributed by atoms with Crippen molar-refractivity contribution in [2.45, 2.75) is 0 Å². The number of anilines is 1. The van der Waals surface area contributed by atoms with Crippen molar-refractivity contribution in [3.63, 3.8) is 0 Å². The summed E-state index contributed by atoms with van der Waals surface area (Å²) in [5.41, 5.74) is 2.07. The van der Waals surface area contributed by atoms with Crippen LogP contribution in [0.3, 0.4) is 0 Å². The molecule has 19 heavy (non-hydrogen) atoms. The van der Waals surface area contributed by atoms with Crippen LogP contribution in [0.2, 0.25) is 0 Å². The molecule has 2 aromatic heterocycles. The van der Waals surface area contributed by atoms with Crippen molar-refractivity contribution >= 4 is 11.9 Å². The number of benzene rings is 1. The van der Waals surface area contributed by atoms with Crippen molar-refractivity contribution in [1.29, 1.82) is 0 Å². The van der Waals surface area contributed by atoms with Gasteiger partial charge in [-0.25, -0.2) is 4.98 Å². The number of amides is 1. The number of aromatic amines is 2. The molecule has 0 fully saturated rings. The molecule has 3 rings (SSSR count). The Morgan fingerprint density at radius 2 is 2.05 bits per heavy atom. The van der Waals surface area contributed by atoms with Crippen LogP contribution in [0.1, 0.15) is 10.5 Å². The Morgan fingerprint density at radius 1 is 1.21 bits per heavy atom. The fourth-order valence-corrected chi connectivity index (χ4v) is 1.70. The molecule has 0 aliphatic carbocycles. The lowest BCUT2D eigenvalue weighted by molar-refractivity contribution is 0.102.